The largest absolute Gasteiger partial charge is 0.490 e. The van der Waals surface area contributed by atoms with Gasteiger partial charge >= 0.3 is 6.09 Å². The maximum Gasteiger partial charge on any atom is 0.410 e. The molecule has 6 nitrogen and oxygen atoms in total. The maximum atomic E-state index is 12.6. The Kier molecular flexibility index (Phi) is 4.14. The maximum absolute atomic E-state index is 12.6. The number of aromatic nitrogens is 1. The van der Waals surface area contributed by atoms with Crippen LogP contribution in [-0.2, 0) is 11.2 Å². The highest BCUT2D eigenvalue weighted by atomic mass is 16.6. The molecule has 1 aromatic rings. The van der Waals surface area contributed by atoms with Gasteiger partial charge in [-0.15, -0.1) is 0 Å². The molecule has 1 amide bonds. The zero-order valence-corrected chi connectivity index (χ0v) is 16.2. The van der Waals surface area contributed by atoms with Gasteiger partial charge in [-0.25, -0.2) is 4.79 Å². The Bertz CT molecular complexity index is 701. The minimum Gasteiger partial charge on any atom is -0.490 e. The number of carbonyl (C=O) groups is 1. The van der Waals surface area contributed by atoms with Crippen LogP contribution in [0.1, 0.15) is 57.8 Å². The van der Waals surface area contributed by atoms with Crippen molar-refractivity contribution in [2.75, 3.05) is 19.6 Å². The number of hydrogen-bond acceptors (Lipinski definition) is 5. The third kappa shape index (κ3) is 3.15. The van der Waals surface area contributed by atoms with Crippen LogP contribution in [0.5, 0.6) is 5.75 Å². The highest BCUT2D eigenvalue weighted by Gasteiger charge is 2.50. The van der Waals surface area contributed by atoms with Crippen molar-refractivity contribution < 1.29 is 14.3 Å². The van der Waals surface area contributed by atoms with Crippen molar-refractivity contribution in [2.24, 2.45) is 5.41 Å². The van der Waals surface area contributed by atoms with Gasteiger partial charge in [-0.3, -0.25) is 4.98 Å². The molecule has 1 saturated heterocycles. The van der Waals surface area contributed by atoms with Crippen LogP contribution < -0.4 is 10.1 Å². The van der Waals surface area contributed by atoms with E-state index in [0.717, 1.165) is 49.4 Å². The predicted molar refractivity (Wildman–Crippen MR) is 98.2 cm³/mol. The molecule has 1 saturated carbocycles. The molecular weight excluding hydrogens is 330 g/mol. The molecule has 2 aliphatic heterocycles. The fourth-order valence-electron chi connectivity index (χ4n) is 4.33. The number of nitrogens with zero attached hydrogens (tertiary/aromatic N) is 2. The van der Waals surface area contributed by atoms with E-state index >= 15 is 0 Å². The Morgan fingerprint density at radius 2 is 2.08 bits per heavy atom. The Morgan fingerprint density at radius 1 is 1.35 bits per heavy atom. The van der Waals surface area contributed by atoms with Gasteiger partial charge < -0.3 is 19.7 Å². The fourth-order valence-corrected chi connectivity index (χ4v) is 4.33. The van der Waals surface area contributed by atoms with Crippen LogP contribution >= 0.6 is 0 Å². The van der Waals surface area contributed by atoms with Crippen molar-refractivity contribution in [1.82, 2.24) is 15.2 Å². The third-order valence-electron chi connectivity index (χ3n) is 5.75. The first-order valence-electron chi connectivity index (χ1n) is 9.61. The van der Waals surface area contributed by atoms with Gasteiger partial charge in [-0.1, -0.05) is 0 Å². The second-order valence-electron chi connectivity index (χ2n) is 9.02. The molecule has 4 rings (SSSR count). The van der Waals surface area contributed by atoms with E-state index in [0.29, 0.717) is 12.0 Å². The zero-order chi connectivity index (χ0) is 18.5. The molecule has 1 aromatic heterocycles. The summed E-state index contributed by atoms with van der Waals surface area (Å²) in [6.07, 6.45) is 4.78. The van der Waals surface area contributed by atoms with E-state index in [2.05, 4.69) is 10.3 Å². The average molecular weight is 359 g/mol. The van der Waals surface area contributed by atoms with E-state index in [-0.39, 0.29) is 18.2 Å². The van der Waals surface area contributed by atoms with E-state index in [9.17, 15) is 4.79 Å². The van der Waals surface area contributed by atoms with Gasteiger partial charge in [0.2, 0.25) is 0 Å². The van der Waals surface area contributed by atoms with Gasteiger partial charge in [-0.05, 0) is 46.6 Å². The lowest BCUT2D eigenvalue weighted by Gasteiger charge is -2.54. The van der Waals surface area contributed by atoms with Crippen molar-refractivity contribution in [2.45, 2.75) is 64.7 Å². The number of amides is 1. The molecule has 0 bridgehead atoms. The lowest BCUT2D eigenvalue weighted by Crippen LogP contribution is -2.62. The van der Waals surface area contributed by atoms with Crippen molar-refractivity contribution in [1.29, 1.82) is 0 Å². The van der Waals surface area contributed by atoms with Crippen LogP contribution in [-0.4, -0.2) is 47.3 Å². The summed E-state index contributed by atoms with van der Waals surface area (Å²) in [4.78, 5) is 18.9. The minimum atomic E-state index is -0.498. The molecule has 1 N–H and O–H groups in total. The van der Waals surface area contributed by atoms with Crippen molar-refractivity contribution in [3.8, 4) is 5.75 Å². The van der Waals surface area contributed by atoms with Crippen molar-refractivity contribution >= 4 is 6.09 Å². The second kappa shape index (κ2) is 6.12. The van der Waals surface area contributed by atoms with E-state index in [1.807, 2.05) is 40.0 Å². The van der Waals surface area contributed by atoms with E-state index < -0.39 is 5.60 Å². The highest BCUT2D eigenvalue weighted by Crippen LogP contribution is 2.47. The Morgan fingerprint density at radius 3 is 2.69 bits per heavy atom. The monoisotopic (exact) mass is 359 g/mol. The number of pyridine rings is 1. The Hall–Kier alpha value is -1.82. The predicted octanol–water partition coefficient (Wildman–Crippen LogP) is 3.07. The first-order chi connectivity index (χ1) is 12.3. The number of fused-ring (bicyclic) bond motifs is 1. The first kappa shape index (κ1) is 17.6. The summed E-state index contributed by atoms with van der Waals surface area (Å²) in [5.74, 6) is 0.878. The second-order valence-corrected chi connectivity index (χ2v) is 9.02. The quantitative estimate of drug-likeness (QED) is 0.879. The van der Waals surface area contributed by atoms with E-state index in [1.165, 1.54) is 0 Å². The van der Waals surface area contributed by atoms with Crippen molar-refractivity contribution in [3.05, 3.63) is 23.5 Å². The number of rotatable bonds is 2. The average Bonchev–Trinajstić information content (AvgIpc) is 2.47. The van der Waals surface area contributed by atoms with Crippen LogP contribution in [0.15, 0.2) is 12.3 Å². The lowest BCUT2D eigenvalue weighted by molar-refractivity contribution is -0.0505. The van der Waals surface area contributed by atoms with Gasteiger partial charge in [0.25, 0.3) is 0 Å². The minimum absolute atomic E-state index is 0.100. The van der Waals surface area contributed by atoms with Crippen LogP contribution in [0.4, 0.5) is 4.79 Å². The van der Waals surface area contributed by atoms with Crippen LogP contribution in [0.3, 0.4) is 0 Å². The Balaban J connectivity index is 1.50. The summed E-state index contributed by atoms with van der Waals surface area (Å²) < 4.78 is 11.9. The molecule has 2 fully saturated rings. The normalized spacial score (nSPS) is 24.5. The van der Waals surface area contributed by atoms with Gasteiger partial charge in [0.05, 0.1) is 17.8 Å². The topological polar surface area (TPSA) is 63.7 Å². The molecular formula is C20H29N3O3. The molecule has 0 radical (unpaired) electrons. The van der Waals surface area contributed by atoms with Crippen LogP contribution in [0.2, 0.25) is 0 Å². The zero-order valence-electron chi connectivity index (χ0n) is 16.2. The van der Waals surface area contributed by atoms with Crippen molar-refractivity contribution in [3.63, 3.8) is 0 Å². The number of carbonyl (C=O) groups excluding carboxylic acids is 1. The fraction of sp³-hybridized carbons (Fsp3) is 0.700. The molecule has 6 heteroatoms. The molecule has 1 unspecified atom stereocenters. The summed E-state index contributed by atoms with van der Waals surface area (Å²) in [5.41, 5.74) is 2.06. The molecule has 26 heavy (non-hydrogen) atoms. The summed E-state index contributed by atoms with van der Waals surface area (Å²) in [6.45, 7) is 10.6. The highest BCUT2D eigenvalue weighted by molar-refractivity contribution is 5.69. The van der Waals surface area contributed by atoms with Gasteiger partial charge in [-0.2, -0.15) is 0 Å². The summed E-state index contributed by atoms with van der Waals surface area (Å²) in [5, 5.41) is 3.36. The molecule has 0 aromatic carbocycles. The molecule has 142 valence electrons. The van der Waals surface area contributed by atoms with Gasteiger partial charge in [0, 0.05) is 43.2 Å². The number of hydrogen-bond donors (Lipinski definition) is 1. The third-order valence-corrected chi connectivity index (χ3v) is 5.75. The Labute approximate surface area is 155 Å². The molecule has 3 aliphatic rings. The van der Waals surface area contributed by atoms with E-state index in [1.54, 1.807) is 4.90 Å². The SMILES string of the molecule is CC1c2c(OC3CC4(CNC4)C3)ccnc2CCN1C(=O)OC(C)(C)C. The lowest BCUT2D eigenvalue weighted by atomic mass is 9.63. The smallest absolute Gasteiger partial charge is 0.410 e. The van der Waals surface area contributed by atoms with Gasteiger partial charge in [0.15, 0.2) is 0 Å². The molecule has 1 atom stereocenters. The van der Waals surface area contributed by atoms with Crippen LogP contribution in [0, 0.1) is 5.41 Å². The van der Waals surface area contributed by atoms with Crippen LogP contribution in [0.25, 0.3) is 0 Å². The molecule has 1 spiro atoms. The standard InChI is InChI=1S/C20H29N3O3/c1-13-17-15(6-8-23(13)18(24)26-19(2,3)4)22-7-5-16(17)25-14-9-20(10-14)11-21-12-20/h5,7,13-14,21H,6,8-12H2,1-4H3. The first-order valence-corrected chi connectivity index (χ1v) is 9.61. The van der Waals surface area contributed by atoms with E-state index in [4.69, 9.17) is 9.47 Å². The molecule has 1 aliphatic carbocycles. The van der Waals surface area contributed by atoms with Gasteiger partial charge in [0.1, 0.15) is 11.4 Å². The molecule has 3 heterocycles. The summed E-state index contributed by atoms with van der Waals surface area (Å²) in [6, 6.07) is 1.84. The summed E-state index contributed by atoms with van der Waals surface area (Å²) in [7, 11) is 0. The number of ether oxygens (including phenoxy) is 2. The number of nitrogens with one attached hydrogen (secondary N) is 1. The summed E-state index contributed by atoms with van der Waals surface area (Å²) >= 11 is 0.